The van der Waals surface area contributed by atoms with Crippen LogP contribution in [-0.4, -0.2) is 27.2 Å². The van der Waals surface area contributed by atoms with Crippen molar-refractivity contribution in [3.05, 3.63) is 35.7 Å². The SMILES string of the molecule is O=C(NCCn1nc(-c2ccccn2)c2c1CCCC2)C1CCC1. The number of nitrogens with zero attached hydrogens (tertiary/aromatic N) is 3. The molecule has 24 heavy (non-hydrogen) atoms. The van der Waals surface area contributed by atoms with Crippen LogP contribution in [0.1, 0.15) is 43.4 Å². The van der Waals surface area contributed by atoms with E-state index in [4.69, 9.17) is 5.10 Å². The molecule has 0 spiro atoms. The van der Waals surface area contributed by atoms with E-state index in [2.05, 4.69) is 15.0 Å². The van der Waals surface area contributed by atoms with Gasteiger partial charge in [0.05, 0.1) is 12.2 Å². The lowest BCUT2D eigenvalue weighted by atomic mass is 9.85. The number of carbonyl (C=O) groups is 1. The maximum Gasteiger partial charge on any atom is 0.223 e. The van der Waals surface area contributed by atoms with E-state index in [1.54, 1.807) is 0 Å². The van der Waals surface area contributed by atoms with Crippen molar-refractivity contribution in [1.29, 1.82) is 0 Å². The van der Waals surface area contributed by atoms with Crippen molar-refractivity contribution in [3.8, 4) is 11.4 Å². The molecule has 2 aromatic heterocycles. The summed E-state index contributed by atoms with van der Waals surface area (Å²) >= 11 is 0. The van der Waals surface area contributed by atoms with Crippen LogP contribution in [0.4, 0.5) is 0 Å². The predicted octanol–water partition coefficient (Wildman–Crippen LogP) is 2.74. The van der Waals surface area contributed by atoms with Crippen LogP contribution in [0.5, 0.6) is 0 Å². The number of nitrogens with one attached hydrogen (secondary N) is 1. The summed E-state index contributed by atoms with van der Waals surface area (Å²) in [4.78, 5) is 16.5. The van der Waals surface area contributed by atoms with E-state index in [1.807, 2.05) is 24.4 Å². The second-order valence-electron chi connectivity index (χ2n) is 6.84. The number of carbonyl (C=O) groups excluding carboxylic acids is 1. The van der Waals surface area contributed by atoms with Gasteiger partial charge in [-0.2, -0.15) is 5.10 Å². The zero-order valence-corrected chi connectivity index (χ0v) is 14.0. The lowest BCUT2D eigenvalue weighted by Crippen LogP contribution is -2.36. The first kappa shape index (κ1) is 15.4. The number of amides is 1. The van der Waals surface area contributed by atoms with Crippen molar-refractivity contribution in [1.82, 2.24) is 20.1 Å². The molecule has 2 heterocycles. The van der Waals surface area contributed by atoms with E-state index in [0.717, 1.165) is 43.6 Å². The Hall–Kier alpha value is -2.17. The van der Waals surface area contributed by atoms with Crippen molar-refractivity contribution in [2.24, 2.45) is 5.92 Å². The van der Waals surface area contributed by atoms with E-state index in [1.165, 1.54) is 30.5 Å². The largest absolute Gasteiger partial charge is 0.354 e. The second-order valence-corrected chi connectivity index (χ2v) is 6.84. The van der Waals surface area contributed by atoms with Crippen LogP contribution in [0, 0.1) is 5.92 Å². The van der Waals surface area contributed by atoms with Gasteiger partial charge in [-0.3, -0.25) is 14.5 Å². The molecule has 0 saturated heterocycles. The van der Waals surface area contributed by atoms with Crippen LogP contribution < -0.4 is 5.32 Å². The van der Waals surface area contributed by atoms with Crippen molar-refractivity contribution in [2.45, 2.75) is 51.5 Å². The first-order chi connectivity index (χ1) is 11.8. The fourth-order valence-electron chi connectivity index (χ4n) is 3.66. The molecular weight excluding hydrogens is 300 g/mol. The third kappa shape index (κ3) is 2.95. The molecule has 1 saturated carbocycles. The Kier molecular flexibility index (Phi) is 4.32. The van der Waals surface area contributed by atoms with Crippen LogP contribution in [0.3, 0.4) is 0 Å². The van der Waals surface area contributed by atoms with Gasteiger partial charge in [-0.15, -0.1) is 0 Å². The van der Waals surface area contributed by atoms with Crippen LogP contribution in [-0.2, 0) is 24.2 Å². The number of fused-ring (bicyclic) bond motifs is 1. The van der Waals surface area contributed by atoms with E-state index in [0.29, 0.717) is 6.54 Å². The zero-order chi connectivity index (χ0) is 16.4. The summed E-state index contributed by atoms with van der Waals surface area (Å²) in [6.45, 7) is 1.40. The van der Waals surface area contributed by atoms with Gasteiger partial charge in [-0.1, -0.05) is 12.5 Å². The van der Waals surface area contributed by atoms with Gasteiger partial charge in [-0.25, -0.2) is 0 Å². The normalized spacial score (nSPS) is 17.2. The smallest absolute Gasteiger partial charge is 0.223 e. The van der Waals surface area contributed by atoms with E-state index >= 15 is 0 Å². The summed E-state index contributed by atoms with van der Waals surface area (Å²) in [6.07, 6.45) is 9.70. The minimum atomic E-state index is 0.215. The first-order valence-corrected chi connectivity index (χ1v) is 9.10. The van der Waals surface area contributed by atoms with Gasteiger partial charge in [0.15, 0.2) is 0 Å². The Morgan fingerprint density at radius 1 is 1.21 bits per heavy atom. The maximum absolute atomic E-state index is 12.0. The summed E-state index contributed by atoms with van der Waals surface area (Å²) in [5.41, 5.74) is 4.66. The number of hydrogen-bond donors (Lipinski definition) is 1. The van der Waals surface area contributed by atoms with Crippen molar-refractivity contribution in [2.75, 3.05) is 6.54 Å². The van der Waals surface area contributed by atoms with Gasteiger partial charge in [-0.05, 0) is 50.7 Å². The van der Waals surface area contributed by atoms with E-state index in [-0.39, 0.29) is 11.8 Å². The van der Waals surface area contributed by atoms with Crippen LogP contribution in [0.25, 0.3) is 11.4 Å². The summed E-state index contributed by atoms with van der Waals surface area (Å²) in [7, 11) is 0. The zero-order valence-electron chi connectivity index (χ0n) is 14.0. The Bertz CT molecular complexity index is 718. The molecule has 1 amide bonds. The molecule has 5 heteroatoms. The quantitative estimate of drug-likeness (QED) is 0.920. The van der Waals surface area contributed by atoms with Crippen molar-refractivity contribution >= 4 is 5.91 Å². The third-order valence-electron chi connectivity index (χ3n) is 5.26. The predicted molar refractivity (Wildman–Crippen MR) is 92.5 cm³/mol. The summed E-state index contributed by atoms with van der Waals surface area (Å²) in [5, 5.41) is 7.91. The number of rotatable bonds is 5. The van der Waals surface area contributed by atoms with Gasteiger partial charge >= 0.3 is 0 Å². The molecule has 2 aliphatic rings. The summed E-state index contributed by atoms with van der Waals surface area (Å²) in [5.74, 6) is 0.466. The van der Waals surface area contributed by atoms with Crippen molar-refractivity contribution in [3.63, 3.8) is 0 Å². The molecule has 2 aromatic rings. The number of pyridine rings is 1. The Morgan fingerprint density at radius 3 is 2.83 bits per heavy atom. The Morgan fingerprint density at radius 2 is 2.08 bits per heavy atom. The number of hydrogen-bond acceptors (Lipinski definition) is 3. The van der Waals surface area contributed by atoms with Gasteiger partial charge in [0.2, 0.25) is 5.91 Å². The third-order valence-corrected chi connectivity index (χ3v) is 5.26. The summed E-state index contributed by atoms with van der Waals surface area (Å²) < 4.78 is 2.10. The van der Waals surface area contributed by atoms with Gasteiger partial charge in [0.1, 0.15) is 5.69 Å². The van der Waals surface area contributed by atoms with Gasteiger partial charge in [0.25, 0.3) is 0 Å². The average Bonchev–Trinajstić information content (AvgIpc) is 2.93. The molecule has 1 fully saturated rings. The molecule has 2 aliphatic carbocycles. The van der Waals surface area contributed by atoms with Crippen LogP contribution in [0.15, 0.2) is 24.4 Å². The first-order valence-electron chi connectivity index (χ1n) is 9.10. The molecule has 4 rings (SSSR count). The molecule has 0 unspecified atom stereocenters. The molecule has 0 bridgehead atoms. The van der Waals surface area contributed by atoms with Gasteiger partial charge < -0.3 is 5.32 Å². The monoisotopic (exact) mass is 324 g/mol. The standard InChI is InChI=1S/C19H24N4O/c24-19(14-6-5-7-14)21-12-13-23-17-10-2-1-8-15(17)18(22-23)16-9-3-4-11-20-16/h3-4,9,11,14H,1-2,5-8,10,12-13H2,(H,21,24). The summed E-state index contributed by atoms with van der Waals surface area (Å²) in [6, 6.07) is 5.97. The highest BCUT2D eigenvalue weighted by Crippen LogP contribution is 2.30. The second kappa shape index (κ2) is 6.75. The molecular formula is C19H24N4O. The van der Waals surface area contributed by atoms with Crippen LogP contribution >= 0.6 is 0 Å². The fraction of sp³-hybridized carbons (Fsp3) is 0.526. The highest BCUT2D eigenvalue weighted by Gasteiger charge is 2.25. The highest BCUT2D eigenvalue weighted by atomic mass is 16.1. The highest BCUT2D eigenvalue weighted by molar-refractivity contribution is 5.79. The molecule has 0 radical (unpaired) electrons. The minimum absolute atomic E-state index is 0.215. The van der Waals surface area contributed by atoms with Crippen LogP contribution in [0.2, 0.25) is 0 Å². The molecule has 0 aliphatic heterocycles. The lowest BCUT2D eigenvalue weighted by molar-refractivity contribution is -0.127. The van der Waals surface area contributed by atoms with E-state index < -0.39 is 0 Å². The Balaban J connectivity index is 1.50. The fourth-order valence-corrected chi connectivity index (χ4v) is 3.66. The molecule has 1 N–H and O–H groups in total. The maximum atomic E-state index is 12.0. The Labute approximate surface area is 142 Å². The van der Waals surface area contributed by atoms with E-state index in [9.17, 15) is 4.79 Å². The van der Waals surface area contributed by atoms with Crippen molar-refractivity contribution < 1.29 is 4.79 Å². The molecule has 0 atom stereocenters. The molecule has 126 valence electrons. The van der Waals surface area contributed by atoms with Gasteiger partial charge in [0, 0.05) is 29.9 Å². The number of aromatic nitrogens is 3. The minimum Gasteiger partial charge on any atom is -0.354 e. The molecule has 0 aromatic carbocycles. The topological polar surface area (TPSA) is 59.8 Å². The average molecular weight is 324 g/mol. The lowest BCUT2D eigenvalue weighted by Gasteiger charge is -2.24. The molecule has 5 nitrogen and oxygen atoms in total.